The summed E-state index contributed by atoms with van der Waals surface area (Å²) in [5.41, 5.74) is 3.12. The number of benzene rings is 1. The van der Waals surface area contributed by atoms with E-state index in [1.165, 1.54) is 25.1 Å². The third-order valence-corrected chi connectivity index (χ3v) is 7.81. The lowest BCUT2D eigenvalue weighted by Gasteiger charge is -2.49. The van der Waals surface area contributed by atoms with E-state index in [0.29, 0.717) is 12.8 Å². The highest BCUT2D eigenvalue weighted by Crippen LogP contribution is 2.34. The number of hydrogen-bond donors (Lipinski definition) is 2. The van der Waals surface area contributed by atoms with Crippen molar-refractivity contribution in [2.24, 2.45) is 13.0 Å². The molecule has 5 rings (SSSR count). The van der Waals surface area contributed by atoms with Crippen molar-refractivity contribution in [2.75, 3.05) is 44.2 Å². The molecule has 0 spiro atoms. The van der Waals surface area contributed by atoms with E-state index in [2.05, 4.69) is 52.5 Å². The molecule has 11 heteroatoms. The van der Waals surface area contributed by atoms with Crippen LogP contribution < -0.4 is 15.5 Å². The molecule has 3 saturated heterocycles. The van der Waals surface area contributed by atoms with Crippen LogP contribution in [0.3, 0.4) is 0 Å². The lowest BCUT2D eigenvalue weighted by molar-refractivity contribution is -0.134. The zero-order valence-electron chi connectivity index (χ0n) is 21.3. The quantitative estimate of drug-likeness (QED) is 0.558. The van der Waals surface area contributed by atoms with Gasteiger partial charge in [-0.3, -0.25) is 24.5 Å². The molecule has 1 aromatic carbocycles. The first-order chi connectivity index (χ1) is 15.8. The van der Waals surface area contributed by atoms with Gasteiger partial charge in [0.05, 0.1) is 17.1 Å². The minimum absolute atomic E-state index is 0. The molecule has 4 heterocycles. The largest absolute Gasteiger partial charge is 0.368 e. The van der Waals surface area contributed by atoms with E-state index in [4.69, 9.17) is 5.10 Å². The Morgan fingerprint density at radius 1 is 1.06 bits per heavy atom. The van der Waals surface area contributed by atoms with Crippen LogP contribution in [0.15, 0.2) is 18.2 Å². The molecular formula is C25H39Cl3N6O2. The number of halogens is 3. The molecular weight excluding hydrogens is 523 g/mol. The summed E-state index contributed by atoms with van der Waals surface area (Å²) in [5, 5.41) is 11.6. The number of carbonyl (C=O) groups is 2. The van der Waals surface area contributed by atoms with Crippen molar-refractivity contribution < 1.29 is 9.59 Å². The Morgan fingerprint density at radius 3 is 2.44 bits per heavy atom. The third-order valence-electron chi connectivity index (χ3n) is 7.81. The number of carbonyl (C=O) groups excluding carboxylic acids is 2. The molecule has 2 aromatic rings. The smallest absolute Gasteiger partial charge is 0.235 e. The van der Waals surface area contributed by atoms with Crippen LogP contribution in [0.5, 0.6) is 0 Å². The molecule has 8 nitrogen and oxygen atoms in total. The molecule has 1 aromatic heterocycles. The number of aryl methyl sites for hydroxylation is 1. The second kappa shape index (κ2) is 12.3. The van der Waals surface area contributed by atoms with Crippen LogP contribution in [0.2, 0.25) is 0 Å². The fourth-order valence-electron chi connectivity index (χ4n) is 5.81. The van der Waals surface area contributed by atoms with Gasteiger partial charge in [0.25, 0.3) is 0 Å². The van der Waals surface area contributed by atoms with Crippen LogP contribution in [0, 0.1) is 5.92 Å². The monoisotopic (exact) mass is 560 g/mol. The highest BCUT2D eigenvalue weighted by molar-refractivity contribution is 6.02. The van der Waals surface area contributed by atoms with Gasteiger partial charge < -0.3 is 10.2 Å². The Kier molecular flexibility index (Phi) is 10.5. The number of imide groups is 1. The molecule has 0 saturated carbocycles. The third kappa shape index (κ3) is 6.10. The topological polar surface area (TPSA) is 82.5 Å². The number of rotatable bonds is 4. The van der Waals surface area contributed by atoms with Gasteiger partial charge in [-0.1, -0.05) is 0 Å². The molecule has 3 fully saturated rings. The van der Waals surface area contributed by atoms with Gasteiger partial charge in [0.15, 0.2) is 0 Å². The summed E-state index contributed by atoms with van der Waals surface area (Å²) in [6.45, 7) is 11.3. The van der Waals surface area contributed by atoms with E-state index in [1.807, 2.05) is 11.7 Å². The standard InChI is InChI=1S/C25H36N6O2.3ClH/c1-25(2)16-30(12-13-31(25)15-17-8-10-26-11-9-17)18-4-5-19-21(14-18)29(3)28-23(19)20-6-7-22(32)27-24(20)33;;;/h4-5,14,17,20,26H,6-13,15-16H2,1-3H3,(H,27,32,33);3*1H. The zero-order chi connectivity index (χ0) is 23.2. The van der Waals surface area contributed by atoms with Crippen molar-refractivity contribution in [2.45, 2.75) is 51.0 Å². The van der Waals surface area contributed by atoms with E-state index >= 15 is 0 Å². The number of nitrogens with zero attached hydrogens (tertiary/aromatic N) is 4. The summed E-state index contributed by atoms with van der Waals surface area (Å²) in [4.78, 5) is 29.1. The van der Waals surface area contributed by atoms with Crippen LogP contribution in [0.4, 0.5) is 5.69 Å². The van der Waals surface area contributed by atoms with Crippen molar-refractivity contribution in [3.8, 4) is 0 Å². The molecule has 36 heavy (non-hydrogen) atoms. The van der Waals surface area contributed by atoms with E-state index in [1.54, 1.807) is 0 Å². The number of piperidine rings is 2. The summed E-state index contributed by atoms with van der Waals surface area (Å²) < 4.78 is 1.87. The van der Waals surface area contributed by atoms with Gasteiger partial charge in [0.1, 0.15) is 0 Å². The number of fused-ring (bicyclic) bond motifs is 1. The van der Waals surface area contributed by atoms with Crippen LogP contribution in [-0.2, 0) is 16.6 Å². The number of anilines is 1. The van der Waals surface area contributed by atoms with Crippen LogP contribution in [0.25, 0.3) is 10.9 Å². The predicted molar refractivity (Wildman–Crippen MR) is 151 cm³/mol. The minimum atomic E-state index is -0.366. The van der Waals surface area contributed by atoms with Crippen molar-refractivity contribution >= 4 is 65.6 Å². The van der Waals surface area contributed by atoms with Crippen molar-refractivity contribution in [1.82, 2.24) is 25.3 Å². The van der Waals surface area contributed by atoms with E-state index in [9.17, 15) is 9.59 Å². The molecule has 0 bridgehead atoms. The lowest BCUT2D eigenvalue weighted by Crippen LogP contribution is -2.60. The average molecular weight is 562 g/mol. The van der Waals surface area contributed by atoms with Crippen LogP contribution >= 0.6 is 37.2 Å². The van der Waals surface area contributed by atoms with Gasteiger partial charge in [-0.2, -0.15) is 5.10 Å². The second-order valence-corrected chi connectivity index (χ2v) is 10.6. The molecule has 0 radical (unpaired) electrons. The second-order valence-electron chi connectivity index (χ2n) is 10.6. The Labute approximate surface area is 232 Å². The van der Waals surface area contributed by atoms with Gasteiger partial charge in [-0.05, 0) is 70.3 Å². The molecule has 0 aliphatic carbocycles. The predicted octanol–water partition coefficient (Wildman–Crippen LogP) is 3.26. The minimum Gasteiger partial charge on any atom is -0.368 e. The van der Waals surface area contributed by atoms with Crippen LogP contribution in [-0.4, -0.2) is 71.3 Å². The highest BCUT2D eigenvalue weighted by atomic mass is 35.5. The Hall–Kier alpha value is -1.58. The number of nitrogens with one attached hydrogen (secondary N) is 2. The molecule has 202 valence electrons. The van der Waals surface area contributed by atoms with Crippen LogP contribution in [0.1, 0.15) is 51.1 Å². The Balaban J connectivity index is 0.00000152. The van der Waals surface area contributed by atoms with E-state index in [-0.39, 0.29) is 60.5 Å². The first kappa shape index (κ1) is 30.6. The molecule has 2 amide bonds. The van der Waals surface area contributed by atoms with E-state index in [0.717, 1.165) is 55.2 Å². The van der Waals surface area contributed by atoms with Gasteiger partial charge >= 0.3 is 0 Å². The highest BCUT2D eigenvalue weighted by Gasteiger charge is 2.36. The average Bonchev–Trinajstić information content (AvgIpc) is 3.11. The SMILES string of the molecule is Cl.Cl.Cl.Cn1nc(C2CCC(=O)NC2=O)c2ccc(N3CCN(CC4CCNCC4)C(C)(C)C3)cc21. The maximum Gasteiger partial charge on any atom is 0.235 e. The molecule has 2 N–H and O–H groups in total. The first-order valence-corrected chi connectivity index (χ1v) is 12.3. The molecule has 1 unspecified atom stereocenters. The number of aromatic nitrogens is 2. The number of piperazine rings is 1. The Morgan fingerprint density at radius 2 is 1.78 bits per heavy atom. The summed E-state index contributed by atoms with van der Waals surface area (Å²) in [6, 6.07) is 6.47. The maximum atomic E-state index is 12.4. The first-order valence-electron chi connectivity index (χ1n) is 12.3. The summed E-state index contributed by atoms with van der Waals surface area (Å²) in [5.74, 6) is 0.00548. The van der Waals surface area contributed by atoms with Crippen molar-refractivity contribution in [1.29, 1.82) is 0 Å². The fraction of sp³-hybridized carbons (Fsp3) is 0.640. The van der Waals surface area contributed by atoms with E-state index < -0.39 is 0 Å². The molecule has 1 atom stereocenters. The zero-order valence-corrected chi connectivity index (χ0v) is 23.7. The summed E-state index contributed by atoms with van der Waals surface area (Å²) >= 11 is 0. The Bertz CT molecular complexity index is 1070. The maximum absolute atomic E-state index is 12.4. The molecule has 3 aliphatic rings. The number of hydrogen-bond acceptors (Lipinski definition) is 6. The number of amides is 2. The van der Waals surface area contributed by atoms with Crippen molar-refractivity contribution in [3.05, 3.63) is 23.9 Å². The fourth-order valence-corrected chi connectivity index (χ4v) is 5.81. The van der Waals surface area contributed by atoms with Crippen molar-refractivity contribution in [3.63, 3.8) is 0 Å². The molecule has 3 aliphatic heterocycles. The van der Waals surface area contributed by atoms with Gasteiger partial charge in [0.2, 0.25) is 11.8 Å². The lowest BCUT2D eigenvalue weighted by atomic mass is 9.92. The van der Waals surface area contributed by atoms with Gasteiger partial charge in [-0.25, -0.2) is 0 Å². The van der Waals surface area contributed by atoms with Gasteiger partial charge in [0, 0.05) is 56.3 Å². The normalized spacial score (nSPS) is 22.9. The summed E-state index contributed by atoms with van der Waals surface area (Å²) in [7, 11) is 1.93. The van der Waals surface area contributed by atoms with Gasteiger partial charge in [-0.15, -0.1) is 37.2 Å². The summed E-state index contributed by atoms with van der Waals surface area (Å²) in [6.07, 6.45) is 3.45.